The van der Waals surface area contributed by atoms with Crippen molar-refractivity contribution in [1.82, 2.24) is 14.8 Å². The zero-order chi connectivity index (χ0) is 18.4. The monoisotopic (exact) mass is 379 g/mol. The van der Waals surface area contributed by atoms with E-state index in [0.29, 0.717) is 42.3 Å². The number of ether oxygens (including phenoxy) is 2. The van der Waals surface area contributed by atoms with Crippen molar-refractivity contribution >= 4 is 12.2 Å². The molecule has 0 aliphatic heterocycles. The molecule has 1 heterocycles. The van der Waals surface area contributed by atoms with Crippen molar-refractivity contribution < 1.29 is 27.0 Å². The van der Waals surface area contributed by atoms with Crippen LogP contribution in [0.2, 0.25) is 0 Å². The van der Waals surface area contributed by atoms with Gasteiger partial charge in [0.25, 0.3) is 0 Å². The summed E-state index contributed by atoms with van der Waals surface area (Å²) in [5.41, 5.74) is 0.409. The molecule has 1 N–H and O–H groups in total. The summed E-state index contributed by atoms with van der Waals surface area (Å²) in [6.07, 6.45) is -7.82. The Balaban J connectivity index is 2.22. The second kappa shape index (κ2) is 8.43. The van der Waals surface area contributed by atoms with Gasteiger partial charge in [-0.05, 0) is 37.7 Å². The van der Waals surface area contributed by atoms with Gasteiger partial charge in [0.15, 0.2) is 10.6 Å². The zero-order valence-corrected chi connectivity index (χ0v) is 14.2. The van der Waals surface area contributed by atoms with E-state index in [0.717, 1.165) is 0 Å². The molecule has 0 fully saturated rings. The Bertz CT molecular complexity index is 748. The molecular weight excluding hydrogens is 362 g/mol. The normalized spacial score (nSPS) is 11.9. The zero-order valence-electron chi connectivity index (χ0n) is 13.3. The molecule has 0 spiro atoms. The van der Waals surface area contributed by atoms with E-state index < -0.39 is 18.3 Å². The van der Waals surface area contributed by atoms with Gasteiger partial charge in [-0.2, -0.15) is 22.7 Å². The Morgan fingerprint density at radius 1 is 1.36 bits per heavy atom. The minimum Gasteiger partial charge on any atom is -0.428 e. The average molecular weight is 379 g/mol. The number of alkyl halides is 4. The van der Waals surface area contributed by atoms with E-state index in [1.807, 2.05) is 6.92 Å². The largest absolute Gasteiger partial charge is 0.461 e. The van der Waals surface area contributed by atoms with Crippen molar-refractivity contribution in [3.63, 3.8) is 0 Å². The van der Waals surface area contributed by atoms with Gasteiger partial charge in [0.1, 0.15) is 5.75 Å². The maximum Gasteiger partial charge on any atom is 0.461 e. The van der Waals surface area contributed by atoms with Crippen LogP contribution in [0.15, 0.2) is 24.3 Å². The molecule has 138 valence electrons. The molecule has 1 aromatic carbocycles. The minimum absolute atomic E-state index is 0.357. The first-order chi connectivity index (χ1) is 11.8. The first-order valence-corrected chi connectivity index (χ1v) is 7.94. The van der Waals surface area contributed by atoms with Gasteiger partial charge in [0, 0.05) is 25.3 Å². The Labute approximate surface area is 146 Å². The van der Waals surface area contributed by atoms with E-state index in [1.54, 1.807) is 10.6 Å². The number of H-pyrrole nitrogens is 1. The van der Waals surface area contributed by atoms with E-state index in [4.69, 9.17) is 17.0 Å². The third-order valence-electron chi connectivity index (χ3n) is 3.23. The maximum absolute atomic E-state index is 13.1. The van der Waals surface area contributed by atoms with Gasteiger partial charge in [0.2, 0.25) is 0 Å². The first kappa shape index (κ1) is 19.4. The van der Waals surface area contributed by atoms with Crippen molar-refractivity contribution in [1.29, 1.82) is 0 Å². The van der Waals surface area contributed by atoms with E-state index >= 15 is 0 Å². The van der Waals surface area contributed by atoms with E-state index in [9.17, 15) is 17.6 Å². The molecule has 0 radical (unpaired) electrons. The summed E-state index contributed by atoms with van der Waals surface area (Å²) in [6.45, 7) is 3.52. The van der Waals surface area contributed by atoms with Crippen LogP contribution in [0.3, 0.4) is 0 Å². The lowest BCUT2D eigenvalue weighted by Crippen LogP contribution is -2.33. The highest BCUT2D eigenvalue weighted by molar-refractivity contribution is 7.71. The fourth-order valence-corrected chi connectivity index (χ4v) is 2.34. The summed E-state index contributed by atoms with van der Waals surface area (Å²) in [4.78, 5) is 0. The quantitative estimate of drug-likeness (QED) is 0.402. The summed E-state index contributed by atoms with van der Waals surface area (Å²) in [5, 5.41) is 6.70. The van der Waals surface area contributed by atoms with Crippen LogP contribution in [0.25, 0.3) is 11.4 Å². The topological polar surface area (TPSA) is 52.1 Å². The number of halogens is 4. The minimum atomic E-state index is -4.57. The summed E-state index contributed by atoms with van der Waals surface area (Å²) in [7, 11) is 0. The van der Waals surface area contributed by atoms with Crippen LogP contribution in [-0.2, 0) is 11.3 Å². The number of benzene rings is 1. The molecule has 2 rings (SSSR count). The van der Waals surface area contributed by atoms with Crippen molar-refractivity contribution in [3.8, 4) is 17.1 Å². The summed E-state index contributed by atoms with van der Waals surface area (Å²) < 4.78 is 62.1. The van der Waals surface area contributed by atoms with Crippen LogP contribution in [0.1, 0.15) is 13.3 Å². The number of nitrogens with one attached hydrogen (secondary N) is 1. The van der Waals surface area contributed by atoms with Gasteiger partial charge in [0.05, 0.1) is 0 Å². The second-order valence-corrected chi connectivity index (χ2v) is 5.43. The number of aromatic nitrogens is 3. The van der Waals surface area contributed by atoms with Crippen molar-refractivity contribution in [2.45, 2.75) is 32.4 Å². The highest BCUT2D eigenvalue weighted by Crippen LogP contribution is 2.30. The lowest BCUT2D eigenvalue weighted by Gasteiger charge is -2.17. The number of hydrogen-bond donors (Lipinski definition) is 1. The Hall–Kier alpha value is -1.94. The van der Waals surface area contributed by atoms with E-state index in [-0.39, 0.29) is 0 Å². The van der Waals surface area contributed by atoms with Crippen LogP contribution in [-0.4, -0.2) is 40.5 Å². The fraction of sp³-hybridized carbons (Fsp3) is 0.467. The van der Waals surface area contributed by atoms with Crippen LogP contribution >= 0.6 is 12.2 Å². The molecule has 0 aliphatic rings. The molecule has 0 aliphatic carbocycles. The molecule has 0 saturated carbocycles. The molecule has 5 nitrogen and oxygen atoms in total. The van der Waals surface area contributed by atoms with Crippen LogP contribution in [0, 0.1) is 4.77 Å². The predicted octanol–water partition coefficient (Wildman–Crippen LogP) is 4.27. The number of rotatable bonds is 9. The summed E-state index contributed by atoms with van der Waals surface area (Å²) in [6, 6.07) is 5.38. The molecule has 0 unspecified atom stereocenters. The van der Waals surface area contributed by atoms with Crippen LogP contribution < -0.4 is 4.74 Å². The first-order valence-electron chi connectivity index (χ1n) is 7.53. The molecule has 0 amide bonds. The third-order valence-corrected chi connectivity index (χ3v) is 3.54. The molecule has 0 saturated heterocycles. The van der Waals surface area contributed by atoms with Gasteiger partial charge in [-0.15, -0.1) is 0 Å². The summed E-state index contributed by atoms with van der Waals surface area (Å²) >= 11 is 5.16. The molecule has 1 aromatic heterocycles. The average Bonchev–Trinajstić information content (AvgIpc) is 2.92. The number of nitrogens with zero attached hydrogens (tertiary/aromatic N) is 2. The van der Waals surface area contributed by atoms with Crippen LogP contribution in [0.4, 0.5) is 17.6 Å². The third kappa shape index (κ3) is 5.02. The lowest BCUT2D eigenvalue weighted by molar-refractivity contribution is -0.253. The standard InChI is InChI=1S/C15H17F4N3O2S/c1-2-23-8-4-7-22-12(20-21-14(22)25)10-5-3-6-11(9-10)24-15(18,19)13(16)17/h3,5-6,9,13H,2,4,7-8H2,1H3,(H,21,25). The van der Waals surface area contributed by atoms with Crippen molar-refractivity contribution in [2.24, 2.45) is 0 Å². The van der Waals surface area contributed by atoms with Crippen molar-refractivity contribution in [3.05, 3.63) is 29.0 Å². The smallest absolute Gasteiger partial charge is 0.428 e. The number of hydrogen-bond acceptors (Lipinski definition) is 4. The Kier molecular flexibility index (Phi) is 6.54. The fourth-order valence-electron chi connectivity index (χ4n) is 2.11. The highest BCUT2D eigenvalue weighted by Gasteiger charge is 2.44. The van der Waals surface area contributed by atoms with Gasteiger partial charge in [-0.25, -0.2) is 0 Å². The van der Waals surface area contributed by atoms with Crippen molar-refractivity contribution in [2.75, 3.05) is 13.2 Å². The van der Waals surface area contributed by atoms with Gasteiger partial charge in [-0.1, -0.05) is 12.1 Å². The Morgan fingerprint density at radius 3 is 2.80 bits per heavy atom. The van der Waals surface area contributed by atoms with Gasteiger partial charge >= 0.3 is 12.5 Å². The predicted molar refractivity (Wildman–Crippen MR) is 85.5 cm³/mol. The van der Waals surface area contributed by atoms with Gasteiger partial charge < -0.3 is 14.0 Å². The van der Waals surface area contributed by atoms with Gasteiger partial charge in [-0.3, -0.25) is 5.10 Å². The van der Waals surface area contributed by atoms with E-state index in [2.05, 4.69) is 14.9 Å². The molecular formula is C15H17F4N3O2S. The second-order valence-electron chi connectivity index (χ2n) is 5.05. The molecule has 0 bridgehead atoms. The number of aromatic amines is 1. The Morgan fingerprint density at radius 2 is 2.12 bits per heavy atom. The molecule has 10 heteroatoms. The maximum atomic E-state index is 13.1. The molecule has 2 aromatic rings. The molecule has 0 atom stereocenters. The molecule has 25 heavy (non-hydrogen) atoms. The van der Waals surface area contributed by atoms with Crippen LogP contribution in [0.5, 0.6) is 5.75 Å². The SMILES string of the molecule is CCOCCCn1c(-c2cccc(OC(F)(F)C(F)F)c2)n[nH]c1=S. The highest BCUT2D eigenvalue weighted by atomic mass is 32.1. The lowest BCUT2D eigenvalue weighted by atomic mass is 10.2. The summed E-state index contributed by atoms with van der Waals surface area (Å²) in [5.74, 6) is 0.00453. The van der Waals surface area contributed by atoms with E-state index in [1.165, 1.54) is 18.2 Å².